The molecule has 0 aliphatic heterocycles. The second kappa shape index (κ2) is 4.63. The summed E-state index contributed by atoms with van der Waals surface area (Å²) in [6.07, 6.45) is 0. The van der Waals surface area contributed by atoms with E-state index in [1.807, 2.05) is 0 Å². The van der Waals surface area contributed by atoms with Crippen LogP contribution in [0.1, 0.15) is 11.6 Å². The average molecular weight is 309 g/mol. The molecule has 0 aliphatic rings. The SMILES string of the molecule is N[C@H](C(=O)O)c1cc(Br)c(F)c([N+](=O)[O-])c1O. The monoisotopic (exact) mass is 308 g/mol. The first kappa shape index (κ1) is 13.3. The lowest BCUT2D eigenvalue weighted by atomic mass is 10.1. The number of benzene rings is 1. The molecule has 1 rings (SSSR count). The Hall–Kier alpha value is -1.74. The maximum Gasteiger partial charge on any atom is 0.347 e. The Bertz CT molecular complexity index is 507. The summed E-state index contributed by atoms with van der Waals surface area (Å²) in [5.41, 5.74) is 3.54. The van der Waals surface area contributed by atoms with Crippen molar-refractivity contribution in [1.82, 2.24) is 0 Å². The van der Waals surface area contributed by atoms with E-state index >= 15 is 0 Å². The number of phenolic OH excluding ortho intramolecular Hbond substituents is 1. The molecule has 7 nitrogen and oxygen atoms in total. The summed E-state index contributed by atoms with van der Waals surface area (Å²) >= 11 is 2.68. The van der Waals surface area contributed by atoms with Crippen LogP contribution in [0.4, 0.5) is 10.1 Å². The molecule has 0 saturated heterocycles. The predicted octanol–water partition coefficient (Wildman–Crippen LogP) is 1.29. The number of aromatic hydroxyl groups is 1. The number of nitrogens with zero attached hydrogens (tertiary/aromatic N) is 1. The van der Waals surface area contributed by atoms with Crippen molar-refractivity contribution in [3.05, 3.63) is 32.0 Å². The molecule has 0 aromatic heterocycles. The number of carboxylic acids is 1. The van der Waals surface area contributed by atoms with E-state index in [2.05, 4.69) is 15.9 Å². The number of phenols is 1. The van der Waals surface area contributed by atoms with Crippen molar-refractivity contribution < 1.29 is 24.3 Å². The van der Waals surface area contributed by atoms with E-state index in [1.54, 1.807) is 0 Å². The minimum absolute atomic E-state index is 0.353. The lowest BCUT2D eigenvalue weighted by Gasteiger charge is -2.10. The summed E-state index contributed by atoms with van der Waals surface area (Å²) in [6.45, 7) is 0. The molecule has 9 heteroatoms. The zero-order chi connectivity index (χ0) is 13.3. The summed E-state index contributed by atoms with van der Waals surface area (Å²) in [7, 11) is 0. The van der Waals surface area contributed by atoms with E-state index in [0.29, 0.717) is 0 Å². The van der Waals surface area contributed by atoms with Crippen LogP contribution in [0.2, 0.25) is 0 Å². The molecule has 0 amide bonds. The summed E-state index contributed by atoms with van der Waals surface area (Å²) < 4.78 is 13.0. The van der Waals surface area contributed by atoms with Crippen molar-refractivity contribution in [3.8, 4) is 5.75 Å². The van der Waals surface area contributed by atoms with E-state index in [-0.39, 0.29) is 4.47 Å². The molecule has 0 radical (unpaired) electrons. The van der Waals surface area contributed by atoms with Gasteiger partial charge >= 0.3 is 11.7 Å². The van der Waals surface area contributed by atoms with Gasteiger partial charge in [0.1, 0.15) is 6.04 Å². The van der Waals surface area contributed by atoms with Crippen molar-refractivity contribution in [3.63, 3.8) is 0 Å². The first-order valence-electron chi connectivity index (χ1n) is 4.11. The van der Waals surface area contributed by atoms with Crippen LogP contribution >= 0.6 is 15.9 Å². The van der Waals surface area contributed by atoms with Gasteiger partial charge in [-0.25, -0.2) is 0 Å². The Kier molecular flexibility index (Phi) is 3.63. The van der Waals surface area contributed by atoms with Crippen LogP contribution in [0.3, 0.4) is 0 Å². The molecule has 0 spiro atoms. The van der Waals surface area contributed by atoms with Crippen molar-refractivity contribution in [2.75, 3.05) is 0 Å². The Balaban J connectivity index is 3.55. The molecular formula is C8H6BrFN2O5. The Labute approximate surface area is 102 Å². The normalized spacial score (nSPS) is 12.2. The molecule has 0 aliphatic carbocycles. The minimum Gasteiger partial charge on any atom is -0.502 e. The second-order valence-electron chi connectivity index (χ2n) is 3.03. The number of carbonyl (C=O) groups is 1. The fraction of sp³-hybridized carbons (Fsp3) is 0.125. The van der Waals surface area contributed by atoms with Crippen molar-refractivity contribution in [2.45, 2.75) is 6.04 Å². The lowest BCUT2D eigenvalue weighted by Crippen LogP contribution is -2.21. The summed E-state index contributed by atoms with van der Waals surface area (Å²) in [5.74, 6) is -3.90. The first-order valence-corrected chi connectivity index (χ1v) is 4.90. The first-order chi connectivity index (χ1) is 7.77. The number of hydrogen-bond donors (Lipinski definition) is 3. The van der Waals surface area contributed by atoms with Gasteiger partial charge in [-0.3, -0.25) is 14.9 Å². The summed E-state index contributed by atoms with van der Waals surface area (Å²) in [4.78, 5) is 20.0. The molecule has 1 aromatic rings. The molecule has 0 saturated carbocycles. The fourth-order valence-corrected chi connectivity index (χ4v) is 1.59. The Morgan fingerprint density at radius 3 is 2.59 bits per heavy atom. The van der Waals surface area contributed by atoms with Gasteiger partial charge in [0.15, 0.2) is 0 Å². The van der Waals surface area contributed by atoms with E-state index in [9.17, 15) is 24.4 Å². The number of rotatable bonds is 3. The topological polar surface area (TPSA) is 127 Å². The maximum absolute atomic E-state index is 13.3. The second-order valence-corrected chi connectivity index (χ2v) is 3.89. The van der Waals surface area contributed by atoms with Crippen LogP contribution in [-0.2, 0) is 4.79 Å². The van der Waals surface area contributed by atoms with Crippen molar-refractivity contribution in [1.29, 1.82) is 0 Å². The zero-order valence-electron chi connectivity index (χ0n) is 8.05. The van der Waals surface area contributed by atoms with E-state index in [4.69, 9.17) is 10.8 Å². The van der Waals surface area contributed by atoms with E-state index < -0.39 is 39.8 Å². The van der Waals surface area contributed by atoms with Crippen molar-refractivity contribution in [2.24, 2.45) is 5.73 Å². The van der Waals surface area contributed by atoms with Crippen molar-refractivity contribution >= 4 is 27.6 Å². The number of nitro benzene ring substituents is 1. The highest BCUT2D eigenvalue weighted by Gasteiger charge is 2.30. The molecule has 1 atom stereocenters. The summed E-state index contributed by atoms with van der Waals surface area (Å²) in [5, 5.41) is 28.6. The fourth-order valence-electron chi connectivity index (χ4n) is 1.16. The standard InChI is InChI=1S/C8H6BrFN2O5/c9-3-1-2(5(11)8(14)15)7(13)6(4(3)10)12(16)17/h1,5,13H,11H2,(H,14,15)/t5-/m0/s1. The molecular weight excluding hydrogens is 303 g/mol. The third-order valence-electron chi connectivity index (χ3n) is 1.98. The lowest BCUT2D eigenvalue weighted by molar-refractivity contribution is -0.388. The highest BCUT2D eigenvalue weighted by Crippen LogP contribution is 2.39. The van der Waals surface area contributed by atoms with Gasteiger partial charge in [-0.1, -0.05) is 0 Å². The van der Waals surface area contributed by atoms with Gasteiger partial charge in [0.25, 0.3) is 0 Å². The highest BCUT2D eigenvalue weighted by molar-refractivity contribution is 9.10. The van der Waals surface area contributed by atoms with Crippen LogP contribution in [-0.4, -0.2) is 21.1 Å². The molecule has 17 heavy (non-hydrogen) atoms. The molecule has 4 N–H and O–H groups in total. The molecule has 1 aromatic carbocycles. The molecule has 0 unspecified atom stereocenters. The van der Waals surface area contributed by atoms with Crippen LogP contribution in [0, 0.1) is 15.9 Å². The molecule has 0 heterocycles. The third-order valence-corrected chi connectivity index (χ3v) is 2.56. The third kappa shape index (κ3) is 2.34. The van der Waals surface area contributed by atoms with Crippen LogP contribution in [0.15, 0.2) is 10.5 Å². The Morgan fingerprint density at radius 2 is 2.18 bits per heavy atom. The number of nitrogens with two attached hydrogens (primary N) is 1. The summed E-state index contributed by atoms with van der Waals surface area (Å²) in [6, 6.07) is -0.804. The molecule has 0 bridgehead atoms. The van der Waals surface area contributed by atoms with Gasteiger partial charge in [0.2, 0.25) is 11.6 Å². The quantitative estimate of drug-likeness (QED) is 0.570. The number of nitro groups is 1. The highest BCUT2D eigenvalue weighted by atomic mass is 79.9. The number of halogens is 2. The molecule has 92 valence electrons. The van der Waals surface area contributed by atoms with Gasteiger partial charge in [0.05, 0.1) is 9.40 Å². The number of hydrogen-bond acceptors (Lipinski definition) is 5. The van der Waals surface area contributed by atoms with Gasteiger partial charge in [-0.2, -0.15) is 4.39 Å². The van der Waals surface area contributed by atoms with Gasteiger partial charge in [-0.05, 0) is 22.0 Å². The average Bonchev–Trinajstić information content (AvgIpc) is 2.22. The van der Waals surface area contributed by atoms with Crippen LogP contribution < -0.4 is 5.73 Å². The van der Waals surface area contributed by atoms with Crippen LogP contribution in [0.5, 0.6) is 5.75 Å². The zero-order valence-corrected chi connectivity index (χ0v) is 9.64. The smallest absolute Gasteiger partial charge is 0.347 e. The Morgan fingerprint density at radius 1 is 1.65 bits per heavy atom. The van der Waals surface area contributed by atoms with Gasteiger partial charge in [-0.15, -0.1) is 0 Å². The van der Waals surface area contributed by atoms with E-state index in [1.165, 1.54) is 0 Å². The predicted molar refractivity (Wildman–Crippen MR) is 57.0 cm³/mol. The van der Waals surface area contributed by atoms with Gasteiger partial charge < -0.3 is 15.9 Å². The largest absolute Gasteiger partial charge is 0.502 e. The van der Waals surface area contributed by atoms with E-state index in [0.717, 1.165) is 6.07 Å². The van der Waals surface area contributed by atoms with Crippen LogP contribution in [0.25, 0.3) is 0 Å². The minimum atomic E-state index is -1.69. The molecule has 0 fully saturated rings. The maximum atomic E-state index is 13.3. The number of carboxylic acid groups (broad SMARTS) is 1. The number of aliphatic carboxylic acids is 1. The van der Waals surface area contributed by atoms with Gasteiger partial charge in [0, 0.05) is 5.56 Å².